The van der Waals surface area contributed by atoms with Crippen LogP contribution in [0.2, 0.25) is 0 Å². The van der Waals surface area contributed by atoms with Gasteiger partial charge in [0.1, 0.15) is 0 Å². The molecule has 30 heavy (non-hydrogen) atoms. The van der Waals surface area contributed by atoms with Crippen LogP contribution in [0.15, 0.2) is 36.7 Å². The van der Waals surface area contributed by atoms with E-state index in [1.807, 2.05) is 12.1 Å². The second-order valence-corrected chi connectivity index (χ2v) is 9.19. The number of nitrogens with zero attached hydrogens (tertiary/aromatic N) is 4. The summed E-state index contributed by atoms with van der Waals surface area (Å²) in [6.07, 6.45) is 8.58. The van der Waals surface area contributed by atoms with Gasteiger partial charge in [0.2, 0.25) is 11.8 Å². The summed E-state index contributed by atoms with van der Waals surface area (Å²) < 4.78 is 6.25. The van der Waals surface area contributed by atoms with Gasteiger partial charge in [-0.2, -0.15) is 0 Å². The molecule has 1 saturated carbocycles. The molecule has 1 aromatic rings. The molecule has 2 bridgehead atoms. The summed E-state index contributed by atoms with van der Waals surface area (Å²) in [7, 11) is 2.14. The van der Waals surface area contributed by atoms with Crippen LogP contribution in [-0.4, -0.2) is 83.9 Å². The Hall–Kier alpha value is -2.09. The number of piperazine rings is 1. The molecule has 1 aromatic heterocycles. The third-order valence-electron chi connectivity index (χ3n) is 7.21. The van der Waals surface area contributed by atoms with E-state index < -0.39 is 0 Å². The van der Waals surface area contributed by atoms with Crippen molar-refractivity contribution < 1.29 is 14.3 Å². The first-order valence-corrected chi connectivity index (χ1v) is 11.0. The van der Waals surface area contributed by atoms with Crippen molar-refractivity contribution in [1.29, 1.82) is 0 Å². The summed E-state index contributed by atoms with van der Waals surface area (Å²) in [6, 6.07) is 3.88. The number of fused-ring (bicyclic) bond motifs is 5. The fourth-order valence-electron chi connectivity index (χ4n) is 5.53. The van der Waals surface area contributed by atoms with Gasteiger partial charge in [0.25, 0.3) is 0 Å². The van der Waals surface area contributed by atoms with Crippen LogP contribution in [-0.2, 0) is 20.9 Å². The Balaban J connectivity index is 1.27. The Morgan fingerprint density at radius 2 is 1.77 bits per heavy atom. The summed E-state index contributed by atoms with van der Waals surface area (Å²) >= 11 is 0. The molecule has 3 heterocycles. The van der Waals surface area contributed by atoms with Gasteiger partial charge in [-0.3, -0.25) is 24.4 Å². The highest BCUT2D eigenvalue weighted by Crippen LogP contribution is 2.52. The van der Waals surface area contributed by atoms with Crippen LogP contribution in [0.4, 0.5) is 0 Å². The first kappa shape index (κ1) is 19.8. The monoisotopic (exact) mass is 410 g/mol. The normalized spacial score (nSPS) is 32.2. The van der Waals surface area contributed by atoms with Gasteiger partial charge >= 0.3 is 0 Å². The Labute approximate surface area is 177 Å². The highest BCUT2D eigenvalue weighted by molar-refractivity contribution is 6.06. The zero-order chi connectivity index (χ0) is 20.7. The minimum Gasteiger partial charge on any atom is -0.370 e. The lowest BCUT2D eigenvalue weighted by atomic mass is 9.85. The van der Waals surface area contributed by atoms with Crippen molar-refractivity contribution in [2.24, 2.45) is 23.7 Å². The molecular formula is C23H30N4O3. The van der Waals surface area contributed by atoms with Gasteiger partial charge in [-0.1, -0.05) is 18.2 Å². The maximum atomic E-state index is 13.1. The molecule has 3 fully saturated rings. The molecule has 4 aliphatic rings. The van der Waals surface area contributed by atoms with Gasteiger partial charge in [0.05, 0.1) is 31.1 Å². The van der Waals surface area contributed by atoms with E-state index in [0.29, 0.717) is 13.2 Å². The first-order chi connectivity index (χ1) is 14.6. The Morgan fingerprint density at radius 1 is 1.07 bits per heavy atom. The van der Waals surface area contributed by atoms with Crippen molar-refractivity contribution in [3.05, 3.63) is 42.2 Å². The average Bonchev–Trinajstić information content (AvgIpc) is 3.44. The number of likely N-dealkylation sites (N-methyl/N-ethyl adjacent to an activating group) is 1. The molecule has 0 spiro atoms. The maximum Gasteiger partial charge on any atom is 0.233 e. The number of ether oxygens (including phenoxy) is 1. The highest BCUT2D eigenvalue weighted by Gasteiger charge is 2.59. The quantitative estimate of drug-likeness (QED) is 0.494. The number of imide groups is 1. The van der Waals surface area contributed by atoms with E-state index in [1.165, 1.54) is 4.90 Å². The molecule has 2 aliphatic carbocycles. The van der Waals surface area contributed by atoms with Crippen LogP contribution in [0.3, 0.4) is 0 Å². The van der Waals surface area contributed by atoms with Gasteiger partial charge < -0.3 is 9.64 Å². The van der Waals surface area contributed by atoms with Gasteiger partial charge in [0, 0.05) is 45.1 Å². The van der Waals surface area contributed by atoms with Crippen molar-refractivity contribution in [3.8, 4) is 0 Å². The highest BCUT2D eigenvalue weighted by atomic mass is 16.5. The number of carbonyl (C=O) groups excluding carboxylic acids is 2. The van der Waals surface area contributed by atoms with Crippen LogP contribution in [0.5, 0.6) is 0 Å². The Kier molecular flexibility index (Phi) is 5.43. The molecule has 5 atom stereocenters. The molecule has 2 saturated heterocycles. The molecule has 160 valence electrons. The van der Waals surface area contributed by atoms with Crippen LogP contribution >= 0.6 is 0 Å². The SMILES string of the molecule is CN1CCN(CC(CN2C(=O)C3C4C=C[C@@H](C4)[C@@H]3C2=O)OCc2cccnc2)CC1. The van der Waals surface area contributed by atoms with Crippen LogP contribution in [0, 0.1) is 23.7 Å². The van der Waals surface area contributed by atoms with Crippen LogP contribution in [0.1, 0.15) is 12.0 Å². The summed E-state index contributed by atoms with van der Waals surface area (Å²) in [5, 5.41) is 0. The third-order valence-corrected chi connectivity index (χ3v) is 7.21. The van der Waals surface area contributed by atoms with Crippen LogP contribution < -0.4 is 0 Å². The first-order valence-electron chi connectivity index (χ1n) is 11.0. The number of amides is 2. The van der Waals surface area contributed by atoms with Crippen LogP contribution in [0.25, 0.3) is 0 Å². The number of carbonyl (C=O) groups is 2. The number of rotatable bonds is 7. The van der Waals surface area contributed by atoms with Gasteiger partial charge in [-0.15, -0.1) is 0 Å². The van der Waals surface area contributed by atoms with Crippen molar-refractivity contribution in [2.45, 2.75) is 19.1 Å². The number of hydrogen-bond acceptors (Lipinski definition) is 6. The lowest BCUT2D eigenvalue weighted by Crippen LogP contribution is -2.50. The second-order valence-electron chi connectivity index (χ2n) is 9.19. The van der Waals surface area contributed by atoms with E-state index >= 15 is 0 Å². The summed E-state index contributed by atoms with van der Waals surface area (Å²) in [5.41, 5.74) is 0.999. The van der Waals surface area contributed by atoms with Gasteiger partial charge in [-0.25, -0.2) is 0 Å². The fourth-order valence-corrected chi connectivity index (χ4v) is 5.53. The molecule has 2 amide bonds. The number of aromatic nitrogens is 1. The lowest BCUT2D eigenvalue weighted by Gasteiger charge is -2.35. The van der Waals surface area contributed by atoms with E-state index in [1.54, 1.807) is 12.4 Å². The zero-order valence-electron chi connectivity index (χ0n) is 17.5. The molecule has 2 aliphatic heterocycles. The smallest absolute Gasteiger partial charge is 0.233 e. The summed E-state index contributed by atoms with van der Waals surface area (Å²) in [4.78, 5) is 36.6. The minimum atomic E-state index is -0.203. The Bertz CT molecular complexity index is 791. The molecule has 7 heteroatoms. The van der Waals surface area contributed by atoms with E-state index in [9.17, 15) is 9.59 Å². The van der Waals surface area contributed by atoms with Gasteiger partial charge in [0.15, 0.2) is 0 Å². The van der Waals surface area contributed by atoms with Crippen molar-refractivity contribution in [1.82, 2.24) is 19.7 Å². The molecule has 0 radical (unpaired) electrons. The van der Waals surface area contributed by atoms with Gasteiger partial charge in [-0.05, 0) is 36.9 Å². The Morgan fingerprint density at radius 3 is 2.40 bits per heavy atom. The number of allylic oxidation sites excluding steroid dienone is 2. The van der Waals surface area contributed by atoms with Crippen molar-refractivity contribution in [3.63, 3.8) is 0 Å². The molecule has 0 aromatic carbocycles. The van der Waals surface area contributed by atoms with Crippen molar-refractivity contribution in [2.75, 3.05) is 46.3 Å². The molecular weight excluding hydrogens is 380 g/mol. The number of pyridine rings is 1. The number of hydrogen-bond donors (Lipinski definition) is 0. The predicted octanol–water partition coefficient (Wildman–Crippen LogP) is 1.02. The van der Waals surface area contributed by atoms with E-state index in [4.69, 9.17) is 4.74 Å². The lowest BCUT2D eigenvalue weighted by molar-refractivity contribution is -0.143. The number of likely N-dealkylation sites (tertiary alicyclic amines) is 1. The van der Waals surface area contributed by atoms with E-state index in [2.05, 4.69) is 34.0 Å². The predicted molar refractivity (Wildman–Crippen MR) is 111 cm³/mol. The largest absolute Gasteiger partial charge is 0.370 e. The van der Waals surface area contributed by atoms with E-state index in [-0.39, 0.29) is 41.6 Å². The molecule has 7 nitrogen and oxygen atoms in total. The van der Waals surface area contributed by atoms with E-state index in [0.717, 1.165) is 44.7 Å². The topological polar surface area (TPSA) is 66.0 Å². The summed E-state index contributed by atoms with van der Waals surface area (Å²) in [5.74, 6) is 0.221. The molecule has 5 rings (SSSR count). The van der Waals surface area contributed by atoms with Crippen molar-refractivity contribution >= 4 is 11.8 Å². The molecule has 3 unspecified atom stereocenters. The summed E-state index contributed by atoms with van der Waals surface area (Å²) in [6.45, 7) is 5.51. The fraction of sp³-hybridized carbons (Fsp3) is 0.609. The maximum absolute atomic E-state index is 13.1. The zero-order valence-corrected chi connectivity index (χ0v) is 17.5. The second kappa shape index (κ2) is 8.21. The standard InChI is InChI=1S/C23H30N4O3/c1-25-7-9-26(10-8-25)13-19(30-15-16-3-2-6-24-12-16)14-27-22(28)20-17-4-5-18(11-17)21(20)23(27)29/h2-6,12,17-21H,7-11,13-15H2,1H3/t17-,18?,19?,20-,21?/m0/s1. The third kappa shape index (κ3) is 3.70. The average molecular weight is 411 g/mol. The molecule has 0 N–H and O–H groups in total. The minimum absolute atomic E-state index is 0.00945.